The van der Waals surface area contributed by atoms with E-state index in [1.165, 1.54) is 0 Å². The number of rotatable bonds is 6. The zero-order valence-electron chi connectivity index (χ0n) is 27.1. The van der Waals surface area contributed by atoms with Gasteiger partial charge in [-0.15, -0.1) is 0 Å². The minimum atomic E-state index is 0.343. The van der Waals surface area contributed by atoms with Gasteiger partial charge in [-0.1, -0.05) is 146 Å². The van der Waals surface area contributed by atoms with Gasteiger partial charge in [0, 0.05) is 32.8 Å². The fraction of sp³-hybridized carbons (Fsp3) is 0. The van der Waals surface area contributed by atoms with Gasteiger partial charge in [-0.25, -0.2) is 0 Å². The van der Waals surface area contributed by atoms with Gasteiger partial charge in [-0.3, -0.25) is 0 Å². The van der Waals surface area contributed by atoms with Crippen molar-refractivity contribution < 1.29 is 0 Å². The summed E-state index contributed by atoms with van der Waals surface area (Å²) >= 11 is 0. The average Bonchev–Trinajstić information content (AvgIpc) is 3.91. The Morgan fingerprint density at radius 3 is 0.824 bits per heavy atom. The molecule has 10 rings (SSSR count). The lowest BCUT2D eigenvalue weighted by molar-refractivity contribution is 0.730. The maximum atomic E-state index is 5.13. The number of hydrogen-bond donors (Lipinski definition) is 0. The monoisotopic (exact) mass is 657 g/mol. The minimum Gasteiger partial charge on any atom is -0.197 e. The normalized spacial score (nSPS) is 11.5. The molecule has 10 aromatic rings. The van der Waals surface area contributed by atoms with E-state index in [1.807, 2.05) is 109 Å². The molecule has 9 heteroatoms. The van der Waals surface area contributed by atoms with E-state index in [4.69, 9.17) is 30.2 Å². The Bertz CT molecular complexity index is 2530. The van der Waals surface area contributed by atoms with Crippen LogP contribution in [0.1, 0.15) is 0 Å². The van der Waals surface area contributed by atoms with E-state index in [0.29, 0.717) is 17.8 Å². The fourth-order valence-electron chi connectivity index (χ4n) is 6.71. The first-order chi connectivity index (χ1) is 25.3. The third-order valence-corrected chi connectivity index (χ3v) is 9.07. The van der Waals surface area contributed by atoms with E-state index in [2.05, 4.69) is 54.6 Å². The van der Waals surface area contributed by atoms with Gasteiger partial charge in [0.2, 0.25) is 0 Å². The molecule has 0 N–H and O–H groups in total. The molecule has 9 nitrogen and oxygen atoms in total. The quantitative estimate of drug-likeness (QED) is 0.177. The van der Waals surface area contributed by atoms with Crippen molar-refractivity contribution in [2.24, 2.45) is 0 Å². The lowest BCUT2D eigenvalue weighted by Gasteiger charge is -2.09. The topological polar surface area (TPSA) is 92.1 Å². The molecule has 0 fully saturated rings. The summed E-state index contributed by atoms with van der Waals surface area (Å²) in [7, 11) is 0. The van der Waals surface area contributed by atoms with Gasteiger partial charge >= 0.3 is 0 Å². The number of hydrogen-bond acceptors (Lipinski definition) is 6. The van der Waals surface area contributed by atoms with Crippen LogP contribution in [0.25, 0.3) is 84.3 Å². The molecule has 0 aliphatic heterocycles. The molecule has 4 aromatic heterocycles. The van der Waals surface area contributed by atoms with Crippen molar-refractivity contribution >= 4 is 32.7 Å². The Kier molecular flexibility index (Phi) is 6.60. The van der Waals surface area contributed by atoms with Crippen LogP contribution in [0.4, 0.5) is 0 Å². The maximum Gasteiger partial charge on any atom is 0.257 e. The number of nitrogens with zero attached hydrogens (tertiary/aromatic N) is 9. The van der Waals surface area contributed by atoms with Gasteiger partial charge in [0.1, 0.15) is 17.1 Å². The van der Waals surface area contributed by atoms with Crippen LogP contribution in [0.15, 0.2) is 164 Å². The summed E-state index contributed by atoms with van der Waals surface area (Å²) in [5, 5.41) is 18.4. The molecular weight excluding hydrogens is 631 g/mol. The second-order valence-electron chi connectivity index (χ2n) is 12.2. The first kappa shape index (κ1) is 28.7. The molecule has 240 valence electrons. The molecule has 0 saturated heterocycles. The van der Waals surface area contributed by atoms with E-state index >= 15 is 0 Å². The summed E-state index contributed by atoms with van der Waals surface area (Å²) in [5.74, 6) is 1.03. The number of para-hydroxylation sites is 3. The van der Waals surface area contributed by atoms with E-state index in [-0.39, 0.29) is 0 Å². The summed E-state index contributed by atoms with van der Waals surface area (Å²) in [4.78, 5) is 15.3. The zero-order valence-corrected chi connectivity index (χ0v) is 27.1. The van der Waals surface area contributed by atoms with Gasteiger partial charge < -0.3 is 0 Å². The molecule has 0 radical (unpaired) electrons. The van der Waals surface area contributed by atoms with E-state index in [0.717, 1.165) is 66.5 Å². The molecule has 0 spiro atoms. The second-order valence-corrected chi connectivity index (χ2v) is 12.2. The number of aromatic nitrogens is 9. The summed E-state index contributed by atoms with van der Waals surface area (Å²) < 4.78 is 5.37. The van der Waals surface area contributed by atoms with Gasteiger partial charge in [-0.2, -0.15) is 44.3 Å². The molecule has 4 heterocycles. The van der Waals surface area contributed by atoms with Gasteiger partial charge in [0.25, 0.3) is 17.8 Å². The first-order valence-electron chi connectivity index (χ1n) is 16.7. The average molecular weight is 658 g/mol. The van der Waals surface area contributed by atoms with Gasteiger partial charge in [-0.05, 0) is 18.2 Å². The van der Waals surface area contributed by atoms with E-state index < -0.39 is 0 Å². The van der Waals surface area contributed by atoms with Crippen LogP contribution < -0.4 is 0 Å². The Hall–Kier alpha value is -7.26. The standard InChI is InChI=1S/C42H27N9/c1-4-16-28(17-5-1)37-31-22-10-13-25-34(31)49(46-37)40-43-41(50-35-26-14-11-23-32(35)38(47-50)29-18-6-2-7-19-29)45-42(44-40)51-36-27-15-12-24-33(36)39(48-51)30-20-8-3-9-21-30/h1-27H. The van der Waals surface area contributed by atoms with Crippen molar-refractivity contribution in [3.63, 3.8) is 0 Å². The van der Waals surface area contributed by atoms with Crippen molar-refractivity contribution in [3.8, 4) is 51.6 Å². The van der Waals surface area contributed by atoms with Crippen molar-refractivity contribution in [1.29, 1.82) is 0 Å². The lowest BCUT2D eigenvalue weighted by Crippen LogP contribution is -2.15. The number of fused-ring (bicyclic) bond motifs is 3. The molecule has 0 amide bonds. The smallest absolute Gasteiger partial charge is 0.197 e. The summed E-state index contributed by atoms with van der Waals surface area (Å²) in [5.41, 5.74) is 8.10. The summed E-state index contributed by atoms with van der Waals surface area (Å²) in [6.45, 7) is 0. The predicted octanol–water partition coefficient (Wildman–Crippen LogP) is 8.89. The third kappa shape index (κ3) is 4.79. The molecule has 0 aliphatic rings. The largest absolute Gasteiger partial charge is 0.257 e. The van der Waals surface area contributed by atoms with Crippen LogP contribution in [-0.2, 0) is 0 Å². The highest BCUT2D eigenvalue weighted by molar-refractivity contribution is 5.96. The van der Waals surface area contributed by atoms with Crippen molar-refractivity contribution in [2.45, 2.75) is 0 Å². The maximum absolute atomic E-state index is 5.13. The molecule has 6 aromatic carbocycles. The molecule has 0 bridgehead atoms. The molecule has 0 aliphatic carbocycles. The van der Waals surface area contributed by atoms with Crippen LogP contribution in [0, 0.1) is 0 Å². The van der Waals surface area contributed by atoms with Crippen LogP contribution in [0.3, 0.4) is 0 Å². The van der Waals surface area contributed by atoms with Gasteiger partial charge in [0.05, 0.1) is 16.6 Å². The molecule has 0 saturated carbocycles. The predicted molar refractivity (Wildman–Crippen MR) is 200 cm³/mol. The highest BCUT2D eigenvalue weighted by Crippen LogP contribution is 2.33. The highest BCUT2D eigenvalue weighted by Gasteiger charge is 2.23. The molecular formula is C42H27N9. The Labute approximate surface area is 291 Å². The van der Waals surface area contributed by atoms with Crippen molar-refractivity contribution in [3.05, 3.63) is 164 Å². The first-order valence-corrected chi connectivity index (χ1v) is 16.7. The lowest BCUT2D eigenvalue weighted by atomic mass is 10.1. The molecule has 0 unspecified atom stereocenters. The van der Waals surface area contributed by atoms with Crippen LogP contribution >= 0.6 is 0 Å². The SMILES string of the molecule is c1ccc(-c2nn(-c3nc(-n4nc(-c5ccccc5)c5ccccc54)nc(-n4nc(-c5ccccc5)c5ccccc54)n3)c3ccccc23)cc1. The Balaban J connectivity index is 1.26. The fourth-order valence-corrected chi connectivity index (χ4v) is 6.71. The Morgan fingerprint density at radius 1 is 0.275 bits per heavy atom. The molecule has 51 heavy (non-hydrogen) atoms. The number of benzene rings is 6. The van der Waals surface area contributed by atoms with Crippen LogP contribution in [0.2, 0.25) is 0 Å². The highest BCUT2D eigenvalue weighted by atomic mass is 15.5. The third-order valence-electron chi connectivity index (χ3n) is 9.07. The molecule has 0 atom stereocenters. The second kappa shape index (κ2) is 11.7. The minimum absolute atomic E-state index is 0.343. The zero-order chi connectivity index (χ0) is 33.7. The van der Waals surface area contributed by atoms with E-state index in [9.17, 15) is 0 Å². The summed E-state index contributed by atoms with van der Waals surface area (Å²) in [6, 6.07) is 54.9. The van der Waals surface area contributed by atoms with E-state index in [1.54, 1.807) is 14.0 Å². The Morgan fingerprint density at radius 2 is 0.529 bits per heavy atom. The van der Waals surface area contributed by atoms with Crippen LogP contribution in [0.5, 0.6) is 0 Å². The van der Waals surface area contributed by atoms with Crippen LogP contribution in [-0.4, -0.2) is 44.3 Å². The summed E-state index contributed by atoms with van der Waals surface area (Å²) in [6.07, 6.45) is 0. The van der Waals surface area contributed by atoms with Gasteiger partial charge in [0.15, 0.2) is 0 Å². The van der Waals surface area contributed by atoms with Crippen molar-refractivity contribution in [2.75, 3.05) is 0 Å². The van der Waals surface area contributed by atoms with Crippen molar-refractivity contribution in [1.82, 2.24) is 44.3 Å².